The van der Waals surface area contributed by atoms with Crippen molar-refractivity contribution in [2.24, 2.45) is 0 Å². The molecule has 0 bridgehead atoms. The van der Waals surface area contributed by atoms with Crippen molar-refractivity contribution >= 4 is 11.7 Å². The molecule has 2 amide bonds. The van der Waals surface area contributed by atoms with Crippen LogP contribution in [0.3, 0.4) is 0 Å². The van der Waals surface area contributed by atoms with Crippen molar-refractivity contribution < 1.29 is 14.6 Å². The van der Waals surface area contributed by atoms with E-state index in [1.54, 1.807) is 6.07 Å². The van der Waals surface area contributed by atoms with E-state index in [9.17, 15) is 9.90 Å². The average Bonchev–Trinajstić information content (AvgIpc) is 2.45. The van der Waals surface area contributed by atoms with Crippen molar-refractivity contribution in [2.45, 2.75) is 44.6 Å². The van der Waals surface area contributed by atoms with Gasteiger partial charge in [-0.2, -0.15) is 0 Å². The smallest absolute Gasteiger partial charge is 0.319 e. The summed E-state index contributed by atoms with van der Waals surface area (Å²) in [6.07, 6.45) is 4.57. The fourth-order valence-corrected chi connectivity index (χ4v) is 2.20. The number of nitrogens with one attached hydrogen (secondary N) is 2. The normalized spacial score (nSPS) is 15.9. The highest BCUT2D eigenvalue weighted by atomic mass is 16.5. The average molecular weight is 292 g/mol. The highest BCUT2D eigenvalue weighted by molar-refractivity contribution is 5.90. The first-order valence-corrected chi connectivity index (χ1v) is 7.62. The largest absolute Gasteiger partial charge is 0.491 e. The molecule has 3 N–H and O–H groups in total. The number of carbonyl (C=O) groups excluding carboxylic acids is 1. The zero-order valence-corrected chi connectivity index (χ0v) is 12.5. The Balaban J connectivity index is 1.84. The molecular weight excluding hydrogens is 268 g/mol. The molecule has 0 aromatic heterocycles. The lowest BCUT2D eigenvalue weighted by Crippen LogP contribution is -2.48. The number of urea groups is 1. The Kier molecular flexibility index (Phi) is 5.44. The molecule has 0 unspecified atom stereocenters. The first-order chi connectivity index (χ1) is 10.1. The van der Waals surface area contributed by atoms with Crippen molar-refractivity contribution in [1.29, 1.82) is 0 Å². The van der Waals surface area contributed by atoms with Crippen molar-refractivity contribution in [3.8, 4) is 5.75 Å². The second-order valence-corrected chi connectivity index (χ2v) is 5.58. The van der Waals surface area contributed by atoms with Crippen molar-refractivity contribution in [3.05, 3.63) is 24.3 Å². The molecule has 1 aromatic rings. The zero-order chi connectivity index (χ0) is 15.1. The Morgan fingerprint density at radius 3 is 2.81 bits per heavy atom. The fourth-order valence-electron chi connectivity index (χ4n) is 2.20. The third kappa shape index (κ3) is 4.63. The number of unbranched alkanes of at least 4 members (excludes halogenated alkanes) is 1. The van der Waals surface area contributed by atoms with E-state index < -0.39 is 5.60 Å². The minimum Gasteiger partial charge on any atom is -0.491 e. The van der Waals surface area contributed by atoms with Crippen molar-refractivity contribution in [1.82, 2.24) is 5.32 Å². The molecule has 21 heavy (non-hydrogen) atoms. The third-order valence-electron chi connectivity index (χ3n) is 3.75. The molecule has 1 aliphatic carbocycles. The Bertz CT molecular complexity index is 472. The first kappa shape index (κ1) is 15.6. The van der Waals surface area contributed by atoms with Gasteiger partial charge in [0.25, 0.3) is 0 Å². The van der Waals surface area contributed by atoms with Gasteiger partial charge in [0.2, 0.25) is 0 Å². The van der Waals surface area contributed by atoms with Crippen LogP contribution in [0.25, 0.3) is 0 Å². The van der Waals surface area contributed by atoms with Crippen LogP contribution in [-0.4, -0.2) is 29.9 Å². The molecule has 0 atom stereocenters. The molecule has 1 saturated carbocycles. The lowest BCUT2D eigenvalue weighted by molar-refractivity contribution is -0.0287. The number of anilines is 1. The number of hydrogen-bond donors (Lipinski definition) is 3. The van der Waals surface area contributed by atoms with E-state index in [0.717, 1.165) is 32.1 Å². The third-order valence-corrected chi connectivity index (χ3v) is 3.75. The lowest BCUT2D eigenvalue weighted by Gasteiger charge is -2.36. The second kappa shape index (κ2) is 7.31. The van der Waals surface area contributed by atoms with Gasteiger partial charge in [-0.3, -0.25) is 0 Å². The summed E-state index contributed by atoms with van der Waals surface area (Å²) < 4.78 is 5.66. The zero-order valence-electron chi connectivity index (χ0n) is 12.5. The Morgan fingerprint density at radius 1 is 1.38 bits per heavy atom. The maximum absolute atomic E-state index is 11.9. The number of amides is 2. The molecule has 1 aliphatic rings. The van der Waals surface area contributed by atoms with E-state index in [1.165, 1.54) is 0 Å². The number of rotatable bonds is 7. The molecule has 1 fully saturated rings. The van der Waals surface area contributed by atoms with Gasteiger partial charge in [0.15, 0.2) is 0 Å². The van der Waals surface area contributed by atoms with Crippen LogP contribution in [-0.2, 0) is 0 Å². The van der Waals surface area contributed by atoms with Crippen LogP contribution in [0.4, 0.5) is 10.5 Å². The monoisotopic (exact) mass is 292 g/mol. The summed E-state index contributed by atoms with van der Waals surface area (Å²) in [6, 6.07) is 7.05. The number of benzene rings is 1. The van der Waals surface area contributed by atoms with Gasteiger partial charge in [-0.1, -0.05) is 25.5 Å². The van der Waals surface area contributed by atoms with E-state index in [-0.39, 0.29) is 12.6 Å². The molecule has 5 heteroatoms. The van der Waals surface area contributed by atoms with Gasteiger partial charge in [0, 0.05) is 6.54 Å². The first-order valence-electron chi connectivity index (χ1n) is 7.62. The quantitative estimate of drug-likeness (QED) is 0.677. The van der Waals surface area contributed by atoms with Gasteiger partial charge in [-0.15, -0.1) is 0 Å². The molecule has 0 saturated heterocycles. The van der Waals surface area contributed by atoms with Crippen LogP contribution in [0.2, 0.25) is 0 Å². The fraction of sp³-hybridized carbons (Fsp3) is 0.562. The summed E-state index contributed by atoms with van der Waals surface area (Å²) in [7, 11) is 0. The maximum Gasteiger partial charge on any atom is 0.319 e. The maximum atomic E-state index is 11.9. The summed E-state index contributed by atoms with van der Waals surface area (Å²) in [4.78, 5) is 11.9. The van der Waals surface area contributed by atoms with Crippen LogP contribution >= 0.6 is 0 Å². The number of hydrogen-bond acceptors (Lipinski definition) is 3. The molecule has 0 radical (unpaired) electrons. The molecule has 0 heterocycles. The van der Waals surface area contributed by atoms with Gasteiger partial charge in [0.05, 0.1) is 17.9 Å². The van der Waals surface area contributed by atoms with Crippen molar-refractivity contribution in [3.63, 3.8) is 0 Å². The molecule has 116 valence electrons. The highest BCUT2D eigenvalue weighted by Gasteiger charge is 2.34. The van der Waals surface area contributed by atoms with Crippen LogP contribution in [0.1, 0.15) is 39.0 Å². The predicted molar refractivity (Wildman–Crippen MR) is 82.7 cm³/mol. The van der Waals surface area contributed by atoms with Crippen LogP contribution in [0.15, 0.2) is 24.3 Å². The second-order valence-electron chi connectivity index (χ2n) is 5.58. The van der Waals surface area contributed by atoms with Gasteiger partial charge < -0.3 is 20.5 Å². The molecule has 5 nitrogen and oxygen atoms in total. The van der Waals surface area contributed by atoms with E-state index in [4.69, 9.17) is 4.74 Å². The number of carbonyl (C=O) groups is 1. The van der Waals surface area contributed by atoms with Crippen LogP contribution in [0, 0.1) is 0 Å². The SMILES string of the molecule is CCCCOc1ccccc1NC(=O)NCC1(O)CCC1. The Morgan fingerprint density at radius 2 is 2.14 bits per heavy atom. The van der Waals surface area contributed by atoms with Gasteiger partial charge in [-0.05, 0) is 37.8 Å². The van der Waals surface area contributed by atoms with Gasteiger partial charge >= 0.3 is 6.03 Å². The molecular formula is C16H24N2O3. The minimum absolute atomic E-state index is 0.289. The minimum atomic E-state index is -0.714. The van der Waals surface area contributed by atoms with Crippen LogP contribution < -0.4 is 15.4 Å². The van der Waals surface area contributed by atoms with Gasteiger partial charge in [-0.25, -0.2) is 4.79 Å². The summed E-state index contributed by atoms with van der Waals surface area (Å²) >= 11 is 0. The van der Waals surface area contributed by atoms with E-state index >= 15 is 0 Å². The van der Waals surface area contributed by atoms with E-state index in [2.05, 4.69) is 17.6 Å². The number of aliphatic hydroxyl groups is 1. The standard InChI is InChI=1S/C16H24N2O3/c1-2-3-11-21-14-8-5-4-7-13(14)18-15(19)17-12-16(20)9-6-10-16/h4-5,7-8,20H,2-3,6,9-12H2,1H3,(H2,17,18,19). The molecule has 1 aromatic carbocycles. The Labute approximate surface area is 125 Å². The lowest BCUT2D eigenvalue weighted by atomic mass is 9.80. The topological polar surface area (TPSA) is 70.6 Å². The van der Waals surface area contributed by atoms with E-state index in [1.807, 2.05) is 18.2 Å². The van der Waals surface area contributed by atoms with Crippen molar-refractivity contribution in [2.75, 3.05) is 18.5 Å². The summed E-state index contributed by atoms with van der Waals surface area (Å²) in [5.74, 6) is 0.670. The highest BCUT2D eigenvalue weighted by Crippen LogP contribution is 2.30. The summed E-state index contributed by atoms with van der Waals surface area (Å²) in [6.45, 7) is 3.03. The number of para-hydroxylation sites is 2. The molecule has 0 aliphatic heterocycles. The molecule has 0 spiro atoms. The summed E-state index contributed by atoms with van der Waals surface area (Å²) in [5.41, 5.74) is -0.0687. The molecule has 2 rings (SSSR count). The Hall–Kier alpha value is -1.75. The van der Waals surface area contributed by atoms with Gasteiger partial charge in [0.1, 0.15) is 5.75 Å². The van der Waals surface area contributed by atoms with E-state index in [0.29, 0.717) is 18.0 Å². The predicted octanol–water partition coefficient (Wildman–Crippen LogP) is 2.90. The number of ether oxygens (including phenoxy) is 1. The summed E-state index contributed by atoms with van der Waals surface area (Å²) in [5, 5.41) is 15.4. The van der Waals surface area contributed by atoms with Crippen LogP contribution in [0.5, 0.6) is 5.75 Å².